The van der Waals surface area contributed by atoms with Gasteiger partial charge in [-0.2, -0.15) is 4.37 Å². The van der Waals surface area contributed by atoms with Crippen LogP contribution < -0.4 is 21.7 Å². The zero-order valence-electron chi connectivity index (χ0n) is 18.8. The molecule has 1 aliphatic heterocycles. The molecular formula is C23H24FN5O5S. The highest BCUT2D eigenvalue weighted by molar-refractivity contribution is 7.09. The van der Waals surface area contributed by atoms with E-state index in [0.29, 0.717) is 23.9 Å². The predicted octanol–water partition coefficient (Wildman–Crippen LogP) is 2.55. The number of carbonyl (C=O) groups excluding carboxylic acids is 3. The number of hydrogen-bond donors (Lipinski definition) is 3. The molecule has 0 saturated carbocycles. The Kier molecular flexibility index (Phi) is 7.12. The Balaban J connectivity index is 1.78. The van der Waals surface area contributed by atoms with Crippen molar-refractivity contribution in [3.63, 3.8) is 0 Å². The number of nitrogens with zero attached hydrogens (tertiary/aromatic N) is 2. The van der Waals surface area contributed by atoms with E-state index in [-0.39, 0.29) is 40.4 Å². The number of nitrogens with two attached hydrogens (primary N) is 2. The summed E-state index contributed by atoms with van der Waals surface area (Å²) in [7, 11) is 0. The Labute approximate surface area is 204 Å². The van der Waals surface area contributed by atoms with Crippen molar-refractivity contribution in [1.29, 1.82) is 0 Å². The molecule has 12 heteroatoms. The molecule has 5 N–H and O–H groups in total. The quantitative estimate of drug-likeness (QED) is 0.429. The molecule has 0 radical (unpaired) electrons. The van der Waals surface area contributed by atoms with Gasteiger partial charge in [-0.1, -0.05) is 0 Å². The van der Waals surface area contributed by atoms with Crippen LogP contribution in [0.4, 0.5) is 15.8 Å². The molecule has 1 aromatic carbocycles. The molecule has 0 bridgehead atoms. The van der Waals surface area contributed by atoms with E-state index in [1.165, 1.54) is 12.1 Å². The van der Waals surface area contributed by atoms with Gasteiger partial charge >= 0.3 is 0 Å². The van der Waals surface area contributed by atoms with E-state index in [1.807, 2.05) is 0 Å². The largest absolute Gasteiger partial charge is 0.464 e. The molecule has 3 amide bonds. The molecule has 1 saturated heterocycles. The zero-order chi connectivity index (χ0) is 25.1. The minimum absolute atomic E-state index is 0.0941. The third-order valence-electron chi connectivity index (χ3n) is 5.54. The van der Waals surface area contributed by atoms with Gasteiger partial charge in [0.05, 0.1) is 11.8 Å². The van der Waals surface area contributed by atoms with E-state index in [4.69, 9.17) is 20.6 Å². The highest BCUT2D eigenvalue weighted by Gasteiger charge is 2.38. The smallest absolute Gasteiger partial charge is 0.273 e. The Morgan fingerprint density at radius 2 is 2.00 bits per heavy atom. The fourth-order valence-electron chi connectivity index (χ4n) is 3.81. The third kappa shape index (κ3) is 5.17. The first-order valence-electron chi connectivity index (χ1n) is 10.9. The lowest BCUT2D eigenvalue weighted by Gasteiger charge is -2.30. The summed E-state index contributed by atoms with van der Waals surface area (Å²) in [6.45, 7) is 2.57. The van der Waals surface area contributed by atoms with Crippen LogP contribution in [0.25, 0.3) is 0 Å². The standard InChI is InChI=1S/C23H24FN5O5S/c1-12-4-9-16(34-12)19(22(31)27-11-15-3-2-10-33-15)29(14-7-5-13(24)6-8-14)23(32)20-17(25)18(21(26)30)28-35-20/h4-9,15,19H,2-3,10-11,25H2,1H3,(H2,26,30)(H,27,31)/t15-,19-/m0/s1. The van der Waals surface area contributed by atoms with Gasteiger partial charge in [0, 0.05) is 18.8 Å². The van der Waals surface area contributed by atoms with Crippen molar-refractivity contribution in [3.8, 4) is 0 Å². The molecule has 1 aliphatic rings. The number of halogens is 1. The highest BCUT2D eigenvalue weighted by Crippen LogP contribution is 2.34. The number of amides is 3. The van der Waals surface area contributed by atoms with Crippen molar-refractivity contribution in [2.45, 2.75) is 31.9 Å². The van der Waals surface area contributed by atoms with Crippen molar-refractivity contribution in [2.75, 3.05) is 23.8 Å². The summed E-state index contributed by atoms with van der Waals surface area (Å²) in [6.07, 6.45) is 1.57. The molecular weight excluding hydrogens is 477 g/mol. The van der Waals surface area contributed by atoms with Crippen molar-refractivity contribution in [1.82, 2.24) is 9.69 Å². The summed E-state index contributed by atoms with van der Waals surface area (Å²) in [5.41, 5.74) is 11.1. The number of aromatic nitrogens is 1. The summed E-state index contributed by atoms with van der Waals surface area (Å²) < 4.78 is 28.9. The fraction of sp³-hybridized carbons (Fsp3) is 0.304. The topological polar surface area (TPSA) is 154 Å². The Hall–Kier alpha value is -3.77. The summed E-state index contributed by atoms with van der Waals surface area (Å²) in [5.74, 6) is -1.97. The van der Waals surface area contributed by atoms with E-state index in [0.717, 1.165) is 29.9 Å². The van der Waals surface area contributed by atoms with Gasteiger partial charge in [0.25, 0.3) is 17.7 Å². The number of hydrogen-bond acceptors (Lipinski definition) is 8. The number of nitrogens with one attached hydrogen (secondary N) is 1. The van der Waals surface area contributed by atoms with Gasteiger partial charge in [0.1, 0.15) is 22.2 Å². The van der Waals surface area contributed by atoms with Gasteiger partial charge in [-0.25, -0.2) is 4.39 Å². The third-order valence-corrected chi connectivity index (χ3v) is 6.40. The monoisotopic (exact) mass is 501 g/mol. The second kappa shape index (κ2) is 10.2. The number of primary amides is 1. The number of ether oxygens (including phenoxy) is 1. The Bertz CT molecular complexity index is 1240. The lowest BCUT2D eigenvalue weighted by Crippen LogP contribution is -2.45. The average molecular weight is 502 g/mol. The normalized spacial score (nSPS) is 16.1. The van der Waals surface area contributed by atoms with Crippen LogP contribution in [0.2, 0.25) is 0 Å². The number of nitrogen functional groups attached to an aromatic ring is 1. The first-order chi connectivity index (χ1) is 16.8. The van der Waals surface area contributed by atoms with Crippen LogP contribution in [0.1, 0.15) is 50.6 Å². The van der Waals surface area contributed by atoms with Crippen LogP contribution in [0.3, 0.4) is 0 Å². The zero-order valence-corrected chi connectivity index (χ0v) is 19.6. The molecule has 2 aromatic heterocycles. The summed E-state index contributed by atoms with van der Waals surface area (Å²) in [6, 6.07) is 7.01. The molecule has 35 heavy (non-hydrogen) atoms. The van der Waals surface area contributed by atoms with Crippen LogP contribution in [-0.2, 0) is 9.53 Å². The Morgan fingerprint density at radius 3 is 2.57 bits per heavy atom. The second-order valence-corrected chi connectivity index (χ2v) is 8.79. The lowest BCUT2D eigenvalue weighted by molar-refractivity contribution is -0.123. The summed E-state index contributed by atoms with van der Waals surface area (Å²) in [5, 5.41) is 2.83. The number of rotatable bonds is 8. The van der Waals surface area contributed by atoms with Gasteiger partial charge in [0.15, 0.2) is 11.7 Å². The van der Waals surface area contributed by atoms with Gasteiger partial charge in [-0.05, 0) is 67.7 Å². The predicted molar refractivity (Wildman–Crippen MR) is 126 cm³/mol. The molecule has 10 nitrogen and oxygen atoms in total. The first kappa shape index (κ1) is 24.4. The molecule has 0 aliphatic carbocycles. The molecule has 4 rings (SSSR count). The average Bonchev–Trinajstić information content (AvgIpc) is 3.57. The molecule has 2 atom stereocenters. The highest BCUT2D eigenvalue weighted by atomic mass is 32.1. The Morgan fingerprint density at radius 1 is 1.26 bits per heavy atom. The van der Waals surface area contributed by atoms with E-state index < -0.39 is 29.6 Å². The van der Waals surface area contributed by atoms with Crippen molar-refractivity contribution >= 4 is 40.6 Å². The molecule has 184 valence electrons. The van der Waals surface area contributed by atoms with Crippen LogP contribution in [0.15, 0.2) is 40.8 Å². The molecule has 3 heterocycles. The fourth-order valence-corrected chi connectivity index (χ4v) is 4.56. The summed E-state index contributed by atoms with van der Waals surface area (Å²) in [4.78, 5) is 40.0. The molecule has 0 spiro atoms. The number of benzene rings is 1. The van der Waals surface area contributed by atoms with Gasteiger partial charge < -0.3 is 25.9 Å². The maximum atomic E-state index is 13.8. The minimum Gasteiger partial charge on any atom is -0.464 e. The second-order valence-electron chi connectivity index (χ2n) is 8.02. The number of furan rings is 1. The summed E-state index contributed by atoms with van der Waals surface area (Å²) >= 11 is 0.679. The number of anilines is 2. The molecule has 1 fully saturated rings. The maximum Gasteiger partial charge on any atom is 0.273 e. The maximum absolute atomic E-state index is 13.8. The van der Waals surface area contributed by atoms with Crippen LogP contribution in [0.5, 0.6) is 0 Å². The van der Waals surface area contributed by atoms with Crippen molar-refractivity contribution in [3.05, 3.63) is 64.3 Å². The van der Waals surface area contributed by atoms with Gasteiger partial charge in [-0.15, -0.1) is 0 Å². The molecule has 3 aromatic rings. The van der Waals surface area contributed by atoms with Crippen molar-refractivity contribution in [2.24, 2.45) is 5.73 Å². The lowest BCUT2D eigenvalue weighted by atomic mass is 10.1. The molecule has 0 unspecified atom stereocenters. The van der Waals surface area contributed by atoms with Gasteiger partial charge in [-0.3, -0.25) is 19.3 Å². The number of aryl methyl sites for hydroxylation is 1. The first-order valence-corrected chi connectivity index (χ1v) is 11.6. The SMILES string of the molecule is Cc1ccc([C@@H](C(=O)NC[C@@H]2CCCO2)N(C(=O)c2snc(C(N)=O)c2N)c2ccc(F)cc2)o1. The van der Waals surface area contributed by atoms with E-state index in [1.54, 1.807) is 19.1 Å². The van der Waals surface area contributed by atoms with Crippen LogP contribution in [-0.4, -0.2) is 41.4 Å². The number of carbonyl (C=O) groups is 3. The van der Waals surface area contributed by atoms with E-state index in [9.17, 15) is 18.8 Å². The van der Waals surface area contributed by atoms with Gasteiger partial charge in [0.2, 0.25) is 0 Å². The van der Waals surface area contributed by atoms with Crippen LogP contribution in [0, 0.1) is 12.7 Å². The van der Waals surface area contributed by atoms with E-state index in [2.05, 4.69) is 9.69 Å². The van der Waals surface area contributed by atoms with Crippen molar-refractivity contribution < 1.29 is 27.9 Å². The minimum atomic E-state index is -1.28. The van der Waals surface area contributed by atoms with E-state index >= 15 is 0 Å². The van der Waals surface area contributed by atoms with Crippen LogP contribution >= 0.6 is 11.5 Å².